The Bertz CT molecular complexity index is 498. The lowest BCUT2D eigenvalue weighted by atomic mass is 10.0. The zero-order valence-corrected chi connectivity index (χ0v) is 13.5. The van der Waals surface area contributed by atoms with Gasteiger partial charge in [-0.2, -0.15) is 0 Å². The van der Waals surface area contributed by atoms with Crippen molar-refractivity contribution in [1.29, 1.82) is 0 Å². The van der Waals surface area contributed by atoms with E-state index in [1.54, 1.807) is 0 Å². The lowest BCUT2D eigenvalue weighted by molar-refractivity contribution is -0.126. The van der Waals surface area contributed by atoms with E-state index in [9.17, 15) is 14.7 Å². The Morgan fingerprint density at radius 2 is 1.83 bits per heavy atom. The number of aliphatic hydroxyl groups excluding tert-OH is 1. The number of rotatable bonds is 8. The molecular weight excluding hydrogens is 292 g/mol. The Morgan fingerprint density at radius 1 is 1.13 bits per heavy atom. The minimum atomic E-state index is -0.445. The van der Waals surface area contributed by atoms with Gasteiger partial charge in [0.25, 0.3) is 0 Å². The summed E-state index contributed by atoms with van der Waals surface area (Å²) in [6, 6.07) is 8.84. The molecule has 3 N–H and O–H groups in total. The first kappa shape index (κ1) is 17.5. The number of carbonyl (C=O) groups is 2. The van der Waals surface area contributed by atoms with Crippen molar-refractivity contribution in [2.24, 2.45) is 5.92 Å². The average molecular weight is 318 g/mol. The summed E-state index contributed by atoms with van der Waals surface area (Å²) in [5, 5.41) is 14.8. The highest BCUT2D eigenvalue weighted by Crippen LogP contribution is 2.28. The standard InChI is InChI=1S/C18H26N2O3/c21-13-16(15-8-2-1-3-9-15)20-18(23)12-19-17(22)11-10-14-6-4-5-7-14/h1-3,8-9,14,16,21H,4-7,10-13H2,(H,19,22)(H,20,23). The minimum absolute atomic E-state index is 0.0488. The molecule has 0 aliphatic heterocycles. The first-order valence-electron chi connectivity index (χ1n) is 8.41. The third kappa shape index (κ3) is 6.02. The summed E-state index contributed by atoms with van der Waals surface area (Å²) in [4.78, 5) is 23.7. The van der Waals surface area contributed by atoms with E-state index in [0.717, 1.165) is 12.0 Å². The second kappa shape index (κ2) is 9.30. The Kier molecular flexibility index (Phi) is 7.07. The Hall–Kier alpha value is -1.88. The molecular formula is C18H26N2O3. The summed E-state index contributed by atoms with van der Waals surface area (Å²) in [6.07, 6.45) is 6.40. The number of aliphatic hydroxyl groups is 1. The molecule has 0 aromatic heterocycles. The third-order valence-electron chi connectivity index (χ3n) is 4.42. The second-order valence-electron chi connectivity index (χ2n) is 6.18. The summed E-state index contributed by atoms with van der Waals surface area (Å²) in [5.74, 6) is 0.306. The fourth-order valence-electron chi connectivity index (χ4n) is 3.07. The van der Waals surface area contributed by atoms with E-state index in [4.69, 9.17) is 0 Å². The van der Waals surface area contributed by atoms with Crippen molar-refractivity contribution in [2.75, 3.05) is 13.2 Å². The van der Waals surface area contributed by atoms with Crippen LogP contribution in [-0.2, 0) is 9.59 Å². The van der Waals surface area contributed by atoms with E-state index in [1.807, 2.05) is 30.3 Å². The van der Waals surface area contributed by atoms with Crippen LogP contribution in [0.25, 0.3) is 0 Å². The van der Waals surface area contributed by atoms with E-state index in [2.05, 4.69) is 10.6 Å². The molecule has 1 atom stereocenters. The number of hydrogen-bond donors (Lipinski definition) is 3. The summed E-state index contributed by atoms with van der Waals surface area (Å²) in [5.41, 5.74) is 0.843. The largest absolute Gasteiger partial charge is 0.394 e. The van der Waals surface area contributed by atoms with Gasteiger partial charge in [0.2, 0.25) is 11.8 Å². The van der Waals surface area contributed by atoms with Crippen LogP contribution in [0.15, 0.2) is 30.3 Å². The quantitative estimate of drug-likeness (QED) is 0.685. The molecule has 5 heteroatoms. The zero-order valence-electron chi connectivity index (χ0n) is 13.5. The maximum atomic E-state index is 11.9. The highest BCUT2D eigenvalue weighted by Gasteiger charge is 2.17. The molecule has 0 saturated heterocycles. The van der Waals surface area contributed by atoms with Crippen LogP contribution in [0.4, 0.5) is 0 Å². The fourth-order valence-corrected chi connectivity index (χ4v) is 3.07. The van der Waals surface area contributed by atoms with Crippen LogP contribution in [0, 0.1) is 5.92 Å². The van der Waals surface area contributed by atoms with Crippen LogP contribution in [0.3, 0.4) is 0 Å². The van der Waals surface area contributed by atoms with Crippen molar-refractivity contribution >= 4 is 11.8 Å². The van der Waals surface area contributed by atoms with E-state index >= 15 is 0 Å². The molecule has 1 aromatic carbocycles. The molecule has 0 spiro atoms. The van der Waals surface area contributed by atoms with Gasteiger partial charge in [0.15, 0.2) is 0 Å². The van der Waals surface area contributed by atoms with Crippen LogP contribution in [-0.4, -0.2) is 30.1 Å². The van der Waals surface area contributed by atoms with Gasteiger partial charge < -0.3 is 15.7 Å². The predicted molar refractivity (Wildman–Crippen MR) is 88.6 cm³/mol. The number of benzene rings is 1. The van der Waals surface area contributed by atoms with E-state index < -0.39 is 6.04 Å². The molecule has 0 heterocycles. The van der Waals surface area contributed by atoms with Gasteiger partial charge in [0, 0.05) is 6.42 Å². The van der Waals surface area contributed by atoms with Crippen molar-refractivity contribution in [3.05, 3.63) is 35.9 Å². The third-order valence-corrected chi connectivity index (χ3v) is 4.42. The Morgan fingerprint density at radius 3 is 2.48 bits per heavy atom. The summed E-state index contributed by atoms with van der Waals surface area (Å²) < 4.78 is 0. The predicted octanol–water partition coefficient (Wildman–Crippen LogP) is 1.92. The van der Waals surface area contributed by atoms with Gasteiger partial charge >= 0.3 is 0 Å². The lowest BCUT2D eigenvalue weighted by Crippen LogP contribution is -2.39. The van der Waals surface area contributed by atoms with Crippen LogP contribution in [0.5, 0.6) is 0 Å². The molecule has 1 fully saturated rings. The SMILES string of the molecule is O=C(CCC1CCCC1)NCC(=O)NC(CO)c1ccccc1. The first-order valence-corrected chi connectivity index (χ1v) is 8.41. The molecule has 5 nitrogen and oxygen atoms in total. The summed E-state index contributed by atoms with van der Waals surface area (Å²) in [7, 11) is 0. The van der Waals surface area contributed by atoms with Crippen molar-refractivity contribution in [2.45, 2.75) is 44.6 Å². The molecule has 126 valence electrons. The van der Waals surface area contributed by atoms with E-state index in [0.29, 0.717) is 12.3 Å². The normalized spacial score (nSPS) is 16.0. The topological polar surface area (TPSA) is 78.4 Å². The van der Waals surface area contributed by atoms with Gasteiger partial charge in [0.05, 0.1) is 19.2 Å². The number of carbonyl (C=O) groups excluding carboxylic acids is 2. The van der Waals surface area contributed by atoms with E-state index in [-0.39, 0.29) is 25.0 Å². The molecule has 0 bridgehead atoms. The Labute approximate surface area is 137 Å². The number of nitrogens with one attached hydrogen (secondary N) is 2. The summed E-state index contributed by atoms with van der Waals surface area (Å²) >= 11 is 0. The van der Waals surface area contributed by atoms with E-state index in [1.165, 1.54) is 25.7 Å². The molecule has 0 radical (unpaired) electrons. The molecule has 1 saturated carbocycles. The average Bonchev–Trinajstić information content (AvgIpc) is 3.10. The molecule has 1 aliphatic rings. The van der Waals surface area contributed by atoms with Crippen molar-refractivity contribution in [1.82, 2.24) is 10.6 Å². The van der Waals surface area contributed by atoms with Crippen LogP contribution in [0.1, 0.15) is 50.1 Å². The van der Waals surface area contributed by atoms with Crippen LogP contribution in [0.2, 0.25) is 0 Å². The van der Waals surface area contributed by atoms with Crippen molar-refractivity contribution in [3.63, 3.8) is 0 Å². The molecule has 1 aliphatic carbocycles. The molecule has 2 rings (SSSR count). The Balaban J connectivity index is 1.68. The lowest BCUT2D eigenvalue weighted by Gasteiger charge is -2.17. The van der Waals surface area contributed by atoms with Gasteiger partial charge in [-0.3, -0.25) is 9.59 Å². The highest BCUT2D eigenvalue weighted by atomic mass is 16.3. The van der Waals surface area contributed by atoms with Gasteiger partial charge in [-0.15, -0.1) is 0 Å². The first-order chi connectivity index (χ1) is 11.2. The highest BCUT2D eigenvalue weighted by molar-refractivity contribution is 5.84. The number of hydrogen-bond acceptors (Lipinski definition) is 3. The van der Waals surface area contributed by atoms with Crippen molar-refractivity contribution < 1.29 is 14.7 Å². The molecule has 1 aromatic rings. The van der Waals surface area contributed by atoms with Gasteiger partial charge in [-0.05, 0) is 17.9 Å². The monoisotopic (exact) mass is 318 g/mol. The van der Waals surface area contributed by atoms with Crippen LogP contribution >= 0.6 is 0 Å². The van der Waals surface area contributed by atoms with Crippen molar-refractivity contribution in [3.8, 4) is 0 Å². The minimum Gasteiger partial charge on any atom is -0.394 e. The molecule has 23 heavy (non-hydrogen) atoms. The maximum absolute atomic E-state index is 11.9. The van der Waals surface area contributed by atoms with Gasteiger partial charge in [-0.1, -0.05) is 56.0 Å². The number of amides is 2. The smallest absolute Gasteiger partial charge is 0.239 e. The molecule has 1 unspecified atom stereocenters. The molecule has 2 amide bonds. The summed E-state index contributed by atoms with van der Waals surface area (Å²) in [6.45, 7) is -0.224. The van der Waals surface area contributed by atoms with Gasteiger partial charge in [0.1, 0.15) is 0 Å². The second-order valence-corrected chi connectivity index (χ2v) is 6.18. The van der Waals surface area contributed by atoms with Crippen LogP contribution < -0.4 is 10.6 Å². The fraction of sp³-hybridized carbons (Fsp3) is 0.556. The van der Waals surface area contributed by atoms with Gasteiger partial charge in [-0.25, -0.2) is 0 Å². The zero-order chi connectivity index (χ0) is 16.5. The maximum Gasteiger partial charge on any atom is 0.239 e.